The lowest BCUT2D eigenvalue weighted by molar-refractivity contribution is 0.198. The van der Waals surface area contributed by atoms with Gasteiger partial charge in [0.1, 0.15) is 0 Å². The van der Waals surface area contributed by atoms with Crippen molar-refractivity contribution >= 4 is 38.7 Å². The Morgan fingerprint density at radius 1 is 0.947 bits per heavy atom. The number of aliphatic hydroxyl groups is 1. The summed E-state index contributed by atoms with van der Waals surface area (Å²) in [4.78, 5) is 36.9. The van der Waals surface area contributed by atoms with Crippen molar-refractivity contribution in [3.8, 4) is 0 Å². The zero-order chi connectivity index (χ0) is 14.9. The van der Waals surface area contributed by atoms with Crippen molar-refractivity contribution in [1.82, 2.24) is 0 Å². The highest BCUT2D eigenvalue weighted by atomic mass is 32.2. The predicted molar refractivity (Wildman–Crippen MR) is 73.1 cm³/mol. The second-order valence-corrected chi connectivity index (χ2v) is 10.0. The smallest absolute Gasteiger partial charge is 0.359 e. The third-order valence-electron chi connectivity index (χ3n) is 2.07. The van der Waals surface area contributed by atoms with Gasteiger partial charge in [-0.1, -0.05) is 11.8 Å². The molecule has 108 valence electrons. The zero-order valence-corrected chi connectivity index (χ0v) is 13.0. The van der Waals surface area contributed by atoms with Crippen molar-refractivity contribution in [3.63, 3.8) is 0 Å². The Labute approximate surface area is 117 Å². The highest BCUT2D eigenvalue weighted by Crippen LogP contribution is 2.73. The quantitative estimate of drug-likeness (QED) is 0.305. The maximum Gasteiger partial charge on any atom is 0.380 e. The topological polar surface area (TPSA) is 135 Å². The summed E-state index contributed by atoms with van der Waals surface area (Å²) >= 11 is 1.47. The van der Waals surface area contributed by atoms with Gasteiger partial charge in [-0.2, -0.15) is 0 Å². The number of benzene rings is 1. The van der Waals surface area contributed by atoms with Crippen LogP contribution in [0.2, 0.25) is 0 Å². The van der Waals surface area contributed by atoms with Crippen LogP contribution in [0.5, 0.6) is 0 Å². The van der Waals surface area contributed by atoms with Crippen LogP contribution in [-0.4, -0.2) is 35.4 Å². The predicted octanol–water partition coefficient (Wildman–Crippen LogP) is 1.46. The Hall–Kier alpha value is 0.180. The molecule has 1 rings (SSSR count). The fourth-order valence-electron chi connectivity index (χ4n) is 1.09. The van der Waals surface area contributed by atoms with Crippen molar-refractivity contribution in [2.24, 2.45) is 0 Å². The molecular weight excluding hydrogens is 334 g/mol. The van der Waals surface area contributed by atoms with E-state index in [9.17, 15) is 14.2 Å². The Morgan fingerprint density at radius 3 is 1.63 bits per heavy atom. The van der Waals surface area contributed by atoms with Gasteiger partial charge in [-0.25, -0.2) is 0 Å². The van der Waals surface area contributed by atoms with Gasteiger partial charge >= 0.3 is 19.6 Å². The molecule has 0 amide bonds. The first kappa shape index (κ1) is 17.2. The van der Waals surface area contributed by atoms with Crippen molar-refractivity contribution < 1.29 is 33.8 Å². The maximum absolute atomic E-state index is 11.2. The fourth-order valence-corrected chi connectivity index (χ4v) is 5.03. The molecule has 0 saturated heterocycles. The summed E-state index contributed by atoms with van der Waals surface area (Å²) in [5.74, 6) is 0. The molecule has 0 aromatic heterocycles. The summed E-state index contributed by atoms with van der Waals surface area (Å²) in [6, 6.07) is 6.03. The standard InChI is InChI=1S/C8H12O7P2S2/c1-18-6-2-4-7(5-3-6)19-8(9,16(10,11)12)17(13,14)15/h2-5,9H,1H3,(H2,10,11,12)(H2,13,14,15). The zero-order valence-electron chi connectivity index (χ0n) is 9.57. The summed E-state index contributed by atoms with van der Waals surface area (Å²) in [6.45, 7) is 0. The fraction of sp³-hybridized carbons (Fsp3) is 0.250. The van der Waals surface area contributed by atoms with Crippen LogP contribution in [-0.2, 0) is 9.13 Å². The van der Waals surface area contributed by atoms with Gasteiger partial charge in [-0.15, -0.1) is 11.8 Å². The van der Waals surface area contributed by atoms with Gasteiger partial charge in [-0.05, 0) is 30.5 Å². The van der Waals surface area contributed by atoms with E-state index in [1.165, 1.54) is 23.9 Å². The molecule has 0 aliphatic rings. The molecule has 0 heterocycles. The molecule has 1 aromatic carbocycles. The summed E-state index contributed by atoms with van der Waals surface area (Å²) in [5.41, 5.74) is 0. The van der Waals surface area contributed by atoms with E-state index in [2.05, 4.69) is 0 Å². The SMILES string of the molecule is CSc1ccc(SC(O)(P(=O)(O)O)P(=O)(O)O)cc1. The minimum absolute atomic E-state index is 0.0442. The molecule has 0 saturated carbocycles. The summed E-state index contributed by atoms with van der Waals surface area (Å²) in [5, 5.41) is 9.70. The van der Waals surface area contributed by atoms with Crippen molar-refractivity contribution in [3.05, 3.63) is 24.3 Å². The summed E-state index contributed by atoms with van der Waals surface area (Å²) in [6.07, 6.45) is 1.82. The molecule has 1 aromatic rings. The van der Waals surface area contributed by atoms with E-state index in [-0.39, 0.29) is 16.7 Å². The van der Waals surface area contributed by atoms with Crippen molar-refractivity contribution in [1.29, 1.82) is 0 Å². The van der Waals surface area contributed by atoms with E-state index >= 15 is 0 Å². The van der Waals surface area contributed by atoms with Crippen LogP contribution in [0.25, 0.3) is 0 Å². The van der Waals surface area contributed by atoms with E-state index < -0.39 is 19.6 Å². The lowest BCUT2D eigenvalue weighted by Gasteiger charge is -2.28. The Balaban J connectivity index is 3.16. The molecule has 7 nitrogen and oxygen atoms in total. The number of thioether (sulfide) groups is 2. The minimum Gasteiger partial charge on any atom is -0.359 e. The van der Waals surface area contributed by atoms with Gasteiger partial charge in [0.25, 0.3) is 0 Å². The molecular formula is C8H12O7P2S2. The maximum atomic E-state index is 11.2. The first-order valence-corrected chi connectivity index (χ1v) is 9.94. The molecule has 5 N–H and O–H groups in total. The van der Waals surface area contributed by atoms with E-state index in [4.69, 9.17) is 19.6 Å². The average molecular weight is 346 g/mol. The Kier molecular flexibility index (Phi) is 5.34. The van der Waals surface area contributed by atoms with Gasteiger partial charge in [0.15, 0.2) is 0 Å². The van der Waals surface area contributed by atoms with Crippen LogP contribution >= 0.6 is 38.7 Å². The average Bonchev–Trinajstić information content (AvgIpc) is 2.27. The van der Waals surface area contributed by atoms with E-state index in [0.29, 0.717) is 0 Å². The molecule has 0 unspecified atom stereocenters. The molecule has 0 aliphatic heterocycles. The van der Waals surface area contributed by atoms with Gasteiger partial charge in [0, 0.05) is 9.79 Å². The number of hydrogen-bond donors (Lipinski definition) is 5. The first-order chi connectivity index (χ1) is 8.51. The van der Waals surface area contributed by atoms with E-state index in [1.807, 2.05) is 6.26 Å². The van der Waals surface area contributed by atoms with Crippen LogP contribution < -0.4 is 0 Å². The van der Waals surface area contributed by atoms with Gasteiger partial charge in [-0.3, -0.25) is 9.13 Å². The first-order valence-electron chi connectivity index (χ1n) is 4.68. The summed E-state index contributed by atoms with van der Waals surface area (Å²) < 4.78 is 18.8. The third kappa shape index (κ3) is 3.85. The molecule has 0 bridgehead atoms. The minimum atomic E-state index is -5.44. The Morgan fingerprint density at radius 2 is 1.32 bits per heavy atom. The molecule has 11 heteroatoms. The van der Waals surface area contributed by atoms with Gasteiger partial charge in [0.05, 0.1) is 0 Å². The van der Waals surface area contributed by atoms with Crippen LogP contribution in [0.3, 0.4) is 0 Å². The van der Waals surface area contributed by atoms with Gasteiger partial charge in [0.2, 0.25) is 0 Å². The summed E-state index contributed by atoms with van der Waals surface area (Å²) in [7, 11) is -10.9. The lowest BCUT2D eigenvalue weighted by atomic mass is 10.4. The van der Waals surface area contributed by atoms with Crippen LogP contribution in [0.4, 0.5) is 0 Å². The van der Waals surface area contributed by atoms with Crippen LogP contribution in [0.15, 0.2) is 34.1 Å². The van der Waals surface area contributed by atoms with E-state index in [0.717, 1.165) is 4.90 Å². The normalized spacial score (nSPS) is 13.6. The van der Waals surface area contributed by atoms with E-state index in [1.54, 1.807) is 12.1 Å². The monoisotopic (exact) mass is 346 g/mol. The second-order valence-electron chi connectivity index (χ2n) is 3.44. The molecule has 19 heavy (non-hydrogen) atoms. The van der Waals surface area contributed by atoms with Crippen LogP contribution in [0, 0.1) is 0 Å². The van der Waals surface area contributed by atoms with Gasteiger partial charge < -0.3 is 24.7 Å². The number of rotatable bonds is 5. The van der Waals surface area contributed by atoms with Crippen molar-refractivity contribution in [2.75, 3.05) is 6.26 Å². The van der Waals surface area contributed by atoms with Crippen LogP contribution in [0.1, 0.15) is 0 Å². The highest BCUT2D eigenvalue weighted by molar-refractivity contribution is 8.13. The van der Waals surface area contributed by atoms with Crippen molar-refractivity contribution in [2.45, 2.75) is 14.2 Å². The third-order valence-corrected chi connectivity index (χ3v) is 8.65. The molecule has 0 fully saturated rings. The highest BCUT2D eigenvalue weighted by Gasteiger charge is 2.60. The molecule has 0 spiro atoms. The Bertz CT molecular complexity index is 513. The largest absolute Gasteiger partial charge is 0.380 e. The molecule has 0 aliphatic carbocycles. The lowest BCUT2D eigenvalue weighted by Crippen LogP contribution is -2.24. The molecule has 0 radical (unpaired) electrons. The second kappa shape index (κ2) is 5.89. The molecule has 0 atom stereocenters. The number of hydrogen-bond acceptors (Lipinski definition) is 5.